The van der Waals surface area contributed by atoms with Gasteiger partial charge in [0.2, 0.25) is 0 Å². The van der Waals surface area contributed by atoms with E-state index in [0.717, 1.165) is 18.5 Å². The van der Waals surface area contributed by atoms with Crippen molar-refractivity contribution in [3.8, 4) is 0 Å². The van der Waals surface area contributed by atoms with Crippen molar-refractivity contribution in [2.75, 3.05) is 0 Å². The van der Waals surface area contributed by atoms with Crippen molar-refractivity contribution in [3.05, 3.63) is 41.7 Å². The first-order valence-electron chi connectivity index (χ1n) is 7.36. The molecule has 1 aromatic rings. The second kappa shape index (κ2) is 7.22. The molecular weight excluding hydrogens is 250 g/mol. The summed E-state index contributed by atoms with van der Waals surface area (Å²) >= 11 is 0. The molecule has 2 atom stereocenters. The Kier molecular flexibility index (Phi) is 5.33. The summed E-state index contributed by atoms with van der Waals surface area (Å²) in [6, 6.07) is 5.62. The van der Waals surface area contributed by atoms with Gasteiger partial charge in [-0.25, -0.2) is 0 Å². The Morgan fingerprint density at radius 2 is 2.35 bits per heavy atom. The summed E-state index contributed by atoms with van der Waals surface area (Å²) in [7, 11) is 0. The molecule has 0 bridgehead atoms. The zero-order valence-electron chi connectivity index (χ0n) is 12.3. The molecule has 1 aliphatic rings. The summed E-state index contributed by atoms with van der Waals surface area (Å²) in [5.74, 6) is 0.881. The van der Waals surface area contributed by atoms with Gasteiger partial charge in [-0.3, -0.25) is 9.78 Å². The summed E-state index contributed by atoms with van der Waals surface area (Å²) in [6.45, 7) is 4.61. The van der Waals surface area contributed by atoms with E-state index in [4.69, 9.17) is 4.74 Å². The molecule has 3 nitrogen and oxygen atoms in total. The van der Waals surface area contributed by atoms with Gasteiger partial charge in [-0.05, 0) is 50.2 Å². The predicted molar refractivity (Wildman–Crippen MR) is 78.9 cm³/mol. The van der Waals surface area contributed by atoms with E-state index < -0.39 is 0 Å². The highest BCUT2D eigenvalue weighted by atomic mass is 16.5. The number of nitrogens with zero attached hydrogens (tertiary/aromatic N) is 1. The number of ether oxygens (including phenoxy) is 1. The Morgan fingerprint density at radius 1 is 1.50 bits per heavy atom. The fourth-order valence-electron chi connectivity index (χ4n) is 2.63. The molecule has 0 amide bonds. The van der Waals surface area contributed by atoms with Gasteiger partial charge >= 0.3 is 5.97 Å². The lowest BCUT2D eigenvalue weighted by Gasteiger charge is -2.25. The number of carbonyl (C=O) groups excluding carboxylic acids is 1. The Bertz CT molecular complexity index is 467. The van der Waals surface area contributed by atoms with E-state index in [1.807, 2.05) is 18.2 Å². The van der Waals surface area contributed by atoms with Crippen LogP contribution in [0, 0.1) is 11.8 Å². The van der Waals surface area contributed by atoms with Crippen LogP contribution in [0.2, 0.25) is 0 Å². The van der Waals surface area contributed by atoms with Crippen LogP contribution in [0.4, 0.5) is 0 Å². The Morgan fingerprint density at radius 3 is 3.00 bits per heavy atom. The molecule has 0 aromatic carbocycles. The van der Waals surface area contributed by atoms with Gasteiger partial charge in [0.15, 0.2) is 0 Å². The van der Waals surface area contributed by atoms with Crippen molar-refractivity contribution < 1.29 is 9.53 Å². The largest absolute Gasteiger partial charge is 0.459 e. The minimum atomic E-state index is -0.116. The Labute approximate surface area is 121 Å². The standard InChI is InChI=1S/C17H23NO2/c1-13-6-8-15(9-7-13)14(2)11-17(19)20-12-16-5-3-4-10-18-16/h3-6,10,14-15H,7-9,11-12H2,1-2H3/t14-,15-/m0/s1. The Balaban J connectivity index is 1.74. The van der Waals surface area contributed by atoms with Gasteiger partial charge in [0, 0.05) is 12.6 Å². The molecule has 1 aliphatic carbocycles. The molecule has 0 saturated heterocycles. The number of hydrogen-bond donors (Lipinski definition) is 0. The summed E-state index contributed by atoms with van der Waals surface area (Å²) in [6.07, 6.45) is 7.98. The summed E-state index contributed by atoms with van der Waals surface area (Å²) < 4.78 is 5.29. The molecule has 0 aliphatic heterocycles. The normalized spacial score (nSPS) is 20.1. The summed E-state index contributed by atoms with van der Waals surface area (Å²) in [5, 5.41) is 0. The van der Waals surface area contributed by atoms with Gasteiger partial charge in [0.25, 0.3) is 0 Å². The van der Waals surface area contributed by atoms with Crippen LogP contribution in [0.3, 0.4) is 0 Å². The smallest absolute Gasteiger partial charge is 0.306 e. The van der Waals surface area contributed by atoms with Crippen molar-refractivity contribution in [1.82, 2.24) is 4.98 Å². The molecular formula is C17H23NO2. The summed E-state index contributed by atoms with van der Waals surface area (Å²) in [4.78, 5) is 16.0. The van der Waals surface area contributed by atoms with E-state index in [2.05, 4.69) is 24.9 Å². The number of carbonyl (C=O) groups is 1. The number of allylic oxidation sites excluding steroid dienone is 2. The first kappa shape index (κ1) is 14.8. The van der Waals surface area contributed by atoms with Gasteiger partial charge in [-0.15, -0.1) is 0 Å². The van der Waals surface area contributed by atoms with E-state index in [9.17, 15) is 4.79 Å². The van der Waals surface area contributed by atoms with Crippen LogP contribution < -0.4 is 0 Å². The van der Waals surface area contributed by atoms with Crippen molar-refractivity contribution in [3.63, 3.8) is 0 Å². The molecule has 0 spiro atoms. The molecule has 20 heavy (non-hydrogen) atoms. The van der Waals surface area contributed by atoms with Gasteiger partial charge in [-0.1, -0.05) is 24.6 Å². The first-order valence-corrected chi connectivity index (χ1v) is 7.36. The van der Waals surface area contributed by atoms with Crippen molar-refractivity contribution in [2.24, 2.45) is 11.8 Å². The van der Waals surface area contributed by atoms with Crippen LogP contribution in [0.1, 0.15) is 45.2 Å². The van der Waals surface area contributed by atoms with Crippen LogP contribution in [0.25, 0.3) is 0 Å². The second-order valence-corrected chi connectivity index (χ2v) is 5.75. The maximum Gasteiger partial charge on any atom is 0.306 e. The maximum atomic E-state index is 11.9. The van der Waals surface area contributed by atoms with E-state index in [1.54, 1.807) is 6.20 Å². The van der Waals surface area contributed by atoms with Gasteiger partial charge < -0.3 is 4.74 Å². The van der Waals surface area contributed by atoms with Crippen molar-refractivity contribution in [2.45, 2.75) is 46.1 Å². The highest BCUT2D eigenvalue weighted by molar-refractivity contribution is 5.69. The van der Waals surface area contributed by atoms with E-state index in [0.29, 0.717) is 18.3 Å². The number of aromatic nitrogens is 1. The van der Waals surface area contributed by atoms with Crippen molar-refractivity contribution >= 4 is 5.97 Å². The topological polar surface area (TPSA) is 39.2 Å². The molecule has 0 N–H and O–H groups in total. The SMILES string of the molecule is CC1=CC[C@H]([C@@H](C)CC(=O)OCc2ccccn2)CC1. The number of pyridine rings is 1. The third-order valence-corrected chi connectivity index (χ3v) is 4.08. The Hall–Kier alpha value is -1.64. The molecule has 3 heteroatoms. The van der Waals surface area contributed by atoms with Crippen molar-refractivity contribution in [1.29, 1.82) is 0 Å². The lowest BCUT2D eigenvalue weighted by Crippen LogP contribution is -2.19. The lowest BCUT2D eigenvalue weighted by molar-refractivity contribution is -0.146. The molecule has 1 heterocycles. The maximum absolute atomic E-state index is 11.9. The van der Waals surface area contributed by atoms with Crippen LogP contribution in [0.15, 0.2) is 36.0 Å². The van der Waals surface area contributed by atoms with Crippen LogP contribution in [-0.4, -0.2) is 11.0 Å². The van der Waals surface area contributed by atoms with Crippen LogP contribution in [-0.2, 0) is 16.1 Å². The van der Waals surface area contributed by atoms with E-state index in [-0.39, 0.29) is 12.6 Å². The molecule has 108 valence electrons. The zero-order valence-corrected chi connectivity index (χ0v) is 12.3. The fourth-order valence-corrected chi connectivity index (χ4v) is 2.63. The van der Waals surface area contributed by atoms with Gasteiger partial charge in [0.05, 0.1) is 5.69 Å². The molecule has 2 rings (SSSR count). The van der Waals surface area contributed by atoms with Crippen LogP contribution >= 0.6 is 0 Å². The van der Waals surface area contributed by atoms with Gasteiger partial charge in [-0.2, -0.15) is 0 Å². The number of esters is 1. The van der Waals surface area contributed by atoms with E-state index in [1.165, 1.54) is 12.0 Å². The molecule has 1 aromatic heterocycles. The third kappa shape index (κ3) is 4.48. The molecule has 0 fully saturated rings. The average molecular weight is 273 g/mol. The van der Waals surface area contributed by atoms with Crippen LogP contribution in [0.5, 0.6) is 0 Å². The zero-order chi connectivity index (χ0) is 14.4. The average Bonchev–Trinajstić information content (AvgIpc) is 2.47. The molecule has 0 radical (unpaired) electrons. The minimum Gasteiger partial charge on any atom is -0.459 e. The lowest BCUT2D eigenvalue weighted by atomic mass is 9.80. The number of hydrogen-bond acceptors (Lipinski definition) is 3. The third-order valence-electron chi connectivity index (χ3n) is 4.08. The highest BCUT2D eigenvalue weighted by Crippen LogP contribution is 2.30. The molecule has 0 saturated carbocycles. The minimum absolute atomic E-state index is 0.116. The molecule has 0 unspecified atom stereocenters. The van der Waals surface area contributed by atoms with E-state index >= 15 is 0 Å². The highest BCUT2D eigenvalue weighted by Gasteiger charge is 2.22. The summed E-state index contributed by atoms with van der Waals surface area (Å²) in [5.41, 5.74) is 2.27. The quantitative estimate of drug-likeness (QED) is 0.603. The first-order chi connectivity index (χ1) is 9.65. The predicted octanol–water partition coefficient (Wildman–Crippen LogP) is 3.90. The fraction of sp³-hybridized carbons (Fsp3) is 0.529. The van der Waals surface area contributed by atoms with Gasteiger partial charge in [0.1, 0.15) is 6.61 Å². The number of rotatable bonds is 5. The monoisotopic (exact) mass is 273 g/mol. The second-order valence-electron chi connectivity index (χ2n) is 5.75.